The molecule has 4 heterocycles. The van der Waals surface area contributed by atoms with Crippen LogP contribution in [0.4, 0.5) is 5.82 Å². The van der Waals surface area contributed by atoms with E-state index in [1.54, 1.807) is 24.1 Å². The average Bonchev–Trinajstić information content (AvgIpc) is 3.32. The van der Waals surface area contributed by atoms with Crippen LogP contribution in [0, 0.1) is 18.3 Å². The average molecular weight is 412 g/mol. The van der Waals surface area contributed by atoms with Crippen molar-refractivity contribution in [3.05, 3.63) is 59.3 Å². The molecular formula is C22H20N8O. The number of hydrogen-bond acceptors (Lipinski definition) is 7. The summed E-state index contributed by atoms with van der Waals surface area (Å²) in [4.78, 5) is 13.5. The molecule has 0 saturated carbocycles. The van der Waals surface area contributed by atoms with E-state index in [0.29, 0.717) is 29.2 Å². The number of anilines is 1. The zero-order chi connectivity index (χ0) is 21.7. The summed E-state index contributed by atoms with van der Waals surface area (Å²) in [6.07, 6.45) is 4.86. The minimum atomic E-state index is -0.352. The first-order valence-corrected chi connectivity index (χ1v) is 9.84. The Hall–Kier alpha value is -4.19. The number of nitriles is 1. The molecule has 3 aromatic heterocycles. The first-order valence-electron chi connectivity index (χ1n) is 9.84. The van der Waals surface area contributed by atoms with Crippen molar-refractivity contribution in [1.29, 1.82) is 5.26 Å². The molecule has 0 unspecified atom stereocenters. The number of aromatic nitrogens is 6. The van der Waals surface area contributed by atoms with Gasteiger partial charge in [-0.2, -0.15) is 10.4 Å². The molecule has 1 aliphatic rings. The Kier molecular flexibility index (Phi) is 4.22. The number of nitrogens with two attached hydrogens (primary N) is 1. The van der Waals surface area contributed by atoms with Gasteiger partial charge < -0.3 is 15.0 Å². The lowest BCUT2D eigenvalue weighted by atomic mass is 9.99. The minimum Gasteiger partial charge on any atom is -0.467 e. The van der Waals surface area contributed by atoms with E-state index in [9.17, 15) is 5.26 Å². The summed E-state index contributed by atoms with van der Waals surface area (Å²) >= 11 is 0. The molecule has 1 atom stereocenters. The number of ether oxygens (including phenoxy) is 1. The zero-order valence-corrected chi connectivity index (χ0v) is 17.4. The molecule has 0 fully saturated rings. The van der Waals surface area contributed by atoms with Crippen molar-refractivity contribution in [3.8, 4) is 34.6 Å². The highest BCUT2D eigenvalue weighted by Gasteiger charge is 2.25. The van der Waals surface area contributed by atoms with Gasteiger partial charge in [-0.1, -0.05) is 23.8 Å². The summed E-state index contributed by atoms with van der Waals surface area (Å²) in [6, 6.07) is 8.39. The number of hydrogen-bond donors (Lipinski definition) is 1. The molecule has 2 bridgehead atoms. The van der Waals surface area contributed by atoms with Gasteiger partial charge in [0.1, 0.15) is 23.7 Å². The number of fused-ring (bicyclic) bond motifs is 7. The van der Waals surface area contributed by atoms with Gasteiger partial charge in [0.15, 0.2) is 5.82 Å². The fraction of sp³-hybridized carbons (Fsp3) is 0.227. The maximum atomic E-state index is 9.76. The molecule has 0 amide bonds. The fourth-order valence-electron chi connectivity index (χ4n) is 3.97. The van der Waals surface area contributed by atoms with Crippen LogP contribution < -0.4 is 10.5 Å². The minimum absolute atomic E-state index is 0.187. The molecule has 0 spiro atoms. The molecule has 1 aromatic carbocycles. The summed E-state index contributed by atoms with van der Waals surface area (Å²) in [5.74, 6) is 1.20. The van der Waals surface area contributed by atoms with Crippen LogP contribution in [-0.4, -0.2) is 29.3 Å². The molecule has 1 aliphatic heterocycles. The second kappa shape index (κ2) is 6.95. The Morgan fingerprint density at radius 2 is 2.13 bits per heavy atom. The summed E-state index contributed by atoms with van der Waals surface area (Å²) in [5, 5.41) is 14.4. The van der Waals surface area contributed by atoms with Crippen molar-refractivity contribution in [2.45, 2.75) is 26.5 Å². The van der Waals surface area contributed by atoms with E-state index in [1.165, 1.54) is 0 Å². The van der Waals surface area contributed by atoms with Gasteiger partial charge in [0, 0.05) is 30.6 Å². The van der Waals surface area contributed by atoms with Crippen LogP contribution in [0.5, 0.6) is 5.88 Å². The third-order valence-electron chi connectivity index (χ3n) is 5.46. The van der Waals surface area contributed by atoms with Crippen molar-refractivity contribution in [3.63, 3.8) is 0 Å². The van der Waals surface area contributed by atoms with E-state index in [2.05, 4.69) is 32.2 Å². The standard InChI is InChI=1S/C22H20N8O/c1-12-4-5-14-15(8-12)13(2)31-22-20(24)26-10-16(27-22)19-17(28-29(3)18(19)9-23)11-30-7-6-25-21(14)30/h4-8,10,13H,11H2,1-3H3,(H2,24,26)/t13-/m1/s1. The predicted molar refractivity (Wildman–Crippen MR) is 114 cm³/mol. The van der Waals surface area contributed by atoms with Crippen LogP contribution in [0.25, 0.3) is 22.6 Å². The van der Waals surface area contributed by atoms with Gasteiger partial charge in [-0.3, -0.25) is 4.68 Å². The van der Waals surface area contributed by atoms with Crippen molar-refractivity contribution >= 4 is 5.82 Å². The summed E-state index contributed by atoms with van der Waals surface area (Å²) in [7, 11) is 1.74. The summed E-state index contributed by atoms with van der Waals surface area (Å²) < 4.78 is 9.75. The largest absolute Gasteiger partial charge is 0.467 e. The van der Waals surface area contributed by atoms with Crippen molar-refractivity contribution in [1.82, 2.24) is 29.3 Å². The SMILES string of the molecule is Cc1ccc2c(c1)[C@@H](C)Oc1nc(cnc1N)-c1c(nn(C)c1C#N)Cn1ccnc1-2. The van der Waals surface area contributed by atoms with Gasteiger partial charge in [-0.25, -0.2) is 15.0 Å². The highest BCUT2D eigenvalue weighted by Crippen LogP contribution is 2.35. The fourth-order valence-corrected chi connectivity index (χ4v) is 3.97. The van der Waals surface area contributed by atoms with Crippen LogP contribution in [0.3, 0.4) is 0 Å². The van der Waals surface area contributed by atoms with Crippen LogP contribution in [0.2, 0.25) is 0 Å². The van der Waals surface area contributed by atoms with Gasteiger partial charge in [-0.05, 0) is 13.8 Å². The Bertz CT molecular complexity index is 1360. The Labute approximate surface area is 178 Å². The number of aryl methyl sites for hydroxylation is 2. The number of rotatable bonds is 0. The molecule has 0 aliphatic carbocycles. The van der Waals surface area contributed by atoms with Gasteiger partial charge in [-0.15, -0.1) is 0 Å². The molecule has 154 valence electrons. The normalized spacial score (nSPS) is 14.8. The molecule has 0 radical (unpaired) electrons. The van der Waals surface area contributed by atoms with E-state index in [0.717, 1.165) is 22.5 Å². The number of benzene rings is 1. The predicted octanol–water partition coefficient (Wildman–Crippen LogP) is 3.00. The molecule has 5 rings (SSSR count). The molecule has 4 aromatic rings. The van der Waals surface area contributed by atoms with Gasteiger partial charge in [0.25, 0.3) is 5.88 Å². The molecule has 0 saturated heterocycles. The summed E-state index contributed by atoms with van der Waals surface area (Å²) in [5.41, 5.74) is 11.3. The Morgan fingerprint density at radius 3 is 2.94 bits per heavy atom. The molecule has 9 nitrogen and oxygen atoms in total. The number of imidazole rings is 1. The highest BCUT2D eigenvalue weighted by atomic mass is 16.5. The molecule has 2 N–H and O–H groups in total. The topological polar surface area (TPSA) is 120 Å². The first kappa shape index (κ1) is 18.8. The van der Waals surface area contributed by atoms with E-state index in [4.69, 9.17) is 10.5 Å². The summed E-state index contributed by atoms with van der Waals surface area (Å²) in [6.45, 7) is 4.40. The third-order valence-corrected chi connectivity index (χ3v) is 5.46. The van der Waals surface area contributed by atoms with E-state index < -0.39 is 0 Å². The number of nitrogens with zero attached hydrogens (tertiary/aromatic N) is 7. The first-order chi connectivity index (χ1) is 15.0. The van der Waals surface area contributed by atoms with Crippen LogP contribution in [0.1, 0.15) is 35.5 Å². The second-order valence-corrected chi connectivity index (χ2v) is 7.58. The number of nitrogen functional groups attached to an aromatic ring is 1. The van der Waals surface area contributed by atoms with Crippen molar-refractivity contribution in [2.24, 2.45) is 7.05 Å². The van der Waals surface area contributed by atoms with Gasteiger partial charge >= 0.3 is 0 Å². The van der Waals surface area contributed by atoms with Gasteiger partial charge in [0.05, 0.1) is 29.7 Å². The van der Waals surface area contributed by atoms with E-state index >= 15 is 0 Å². The third kappa shape index (κ3) is 3.00. The van der Waals surface area contributed by atoms with Crippen LogP contribution in [0.15, 0.2) is 36.8 Å². The zero-order valence-electron chi connectivity index (χ0n) is 17.4. The van der Waals surface area contributed by atoms with Crippen LogP contribution in [-0.2, 0) is 13.6 Å². The lowest BCUT2D eigenvalue weighted by molar-refractivity contribution is 0.219. The molecule has 31 heavy (non-hydrogen) atoms. The monoisotopic (exact) mass is 412 g/mol. The Balaban J connectivity index is 1.83. The van der Waals surface area contributed by atoms with Crippen molar-refractivity contribution < 1.29 is 4.74 Å². The Morgan fingerprint density at radius 1 is 1.29 bits per heavy atom. The van der Waals surface area contributed by atoms with Gasteiger partial charge in [0.2, 0.25) is 0 Å². The van der Waals surface area contributed by atoms with Crippen LogP contribution >= 0.6 is 0 Å². The smallest absolute Gasteiger partial charge is 0.258 e. The highest BCUT2D eigenvalue weighted by molar-refractivity contribution is 5.70. The molecular weight excluding hydrogens is 392 g/mol. The maximum absolute atomic E-state index is 9.76. The lowest BCUT2D eigenvalue weighted by Crippen LogP contribution is -2.12. The van der Waals surface area contributed by atoms with Crippen molar-refractivity contribution in [2.75, 3.05) is 5.73 Å². The van der Waals surface area contributed by atoms with E-state index in [1.807, 2.05) is 36.7 Å². The lowest BCUT2D eigenvalue weighted by Gasteiger charge is -2.20. The second-order valence-electron chi connectivity index (χ2n) is 7.58. The maximum Gasteiger partial charge on any atom is 0.258 e. The van der Waals surface area contributed by atoms with E-state index in [-0.39, 0.29) is 17.8 Å². The quantitative estimate of drug-likeness (QED) is 0.471. The molecule has 9 heteroatoms.